The fraction of sp³-hybridized carbons (Fsp3) is 0.583. The van der Waals surface area contributed by atoms with E-state index in [1.807, 2.05) is 6.26 Å². The van der Waals surface area contributed by atoms with Crippen LogP contribution in [0.15, 0.2) is 24.3 Å². The molecule has 8 N–H and O–H groups in total. The van der Waals surface area contributed by atoms with Gasteiger partial charge in [-0.2, -0.15) is 11.8 Å². The van der Waals surface area contributed by atoms with Crippen molar-refractivity contribution in [3.05, 3.63) is 29.8 Å². The zero-order chi connectivity index (χ0) is 27.4. The number of phenolic OH excluding ortho intramolecular Hbond substituents is 1. The van der Waals surface area contributed by atoms with Crippen LogP contribution in [-0.2, 0) is 25.6 Å². The molecule has 202 valence electrons. The molecule has 0 aromatic heterocycles. The van der Waals surface area contributed by atoms with Crippen LogP contribution in [0.2, 0.25) is 0 Å². The van der Waals surface area contributed by atoms with Gasteiger partial charge in [0.05, 0.1) is 12.1 Å². The molecule has 0 saturated heterocycles. The lowest BCUT2D eigenvalue weighted by Crippen LogP contribution is -2.61. The van der Waals surface area contributed by atoms with Crippen molar-refractivity contribution in [2.24, 2.45) is 11.7 Å². The number of hydrogen-bond acceptors (Lipinski definition) is 8. The highest BCUT2D eigenvalue weighted by Crippen LogP contribution is 2.13. The van der Waals surface area contributed by atoms with Gasteiger partial charge in [-0.05, 0) is 49.0 Å². The molecule has 0 radical (unpaired) electrons. The lowest BCUT2D eigenvalue weighted by Gasteiger charge is -2.29. The first-order valence-electron chi connectivity index (χ1n) is 11.8. The molecular weight excluding hydrogens is 488 g/mol. The number of aromatic hydroxyl groups is 1. The zero-order valence-corrected chi connectivity index (χ0v) is 21.9. The molecule has 0 aliphatic carbocycles. The van der Waals surface area contributed by atoms with Gasteiger partial charge in [0, 0.05) is 6.42 Å². The van der Waals surface area contributed by atoms with Crippen molar-refractivity contribution in [2.75, 3.05) is 12.0 Å². The Morgan fingerprint density at radius 2 is 1.53 bits per heavy atom. The second kappa shape index (κ2) is 15.3. The van der Waals surface area contributed by atoms with E-state index in [2.05, 4.69) is 16.0 Å². The monoisotopic (exact) mass is 526 g/mol. The number of nitrogens with one attached hydrogen (secondary N) is 3. The van der Waals surface area contributed by atoms with E-state index in [0.717, 1.165) is 0 Å². The molecule has 11 nitrogen and oxygen atoms in total. The van der Waals surface area contributed by atoms with Gasteiger partial charge in [-0.25, -0.2) is 4.79 Å². The number of aliphatic hydroxyl groups is 1. The SMILES string of the molecule is CCC(C)C(NC(=O)C(NC(=O)C(N)CCSC)C(C)O)C(=O)NC(Cc1ccc(O)cc1)C(=O)O. The predicted molar refractivity (Wildman–Crippen MR) is 137 cm³/mol. The Labute approximate surface area is 215 Å². The first kappa shape index (κ1) is 31.2. The molecule has 12 heteroatoms. The Kier molecular flexibility index (Phi) is 13.3. The van der Waals surface area contributed by atoms with E-state index in [1.165, 1.54) is 30.8 Å². The van der Waals surface area contributed by atoms with Gasteiger partial charge < -0.3 is 37.0 Å². The molecular formula is C24H38N4O7S. The Bertz CT molecular complexity index is 882. The van der Waals surface area contributed by atoms with E-state index in [1.54, 1.807) is 26.0 Å². The number of amides is 3. The summed E-state index contributed by atoms with van der Waals surface area (Å²) in [7, 11) is 0. The highest BCUT2D eigenvalue weighted by atomic mass is 32.2. The average molecular weight is 527 g/mol. The minimum absolute atomic E-state index is 0.0270. The number of carbonyl (C=O) groups excluding carboxylic acids is 3. The van der Waals surface area contributed by atoms with Crippen molar-refractivity contribution in [3.63, 3.8) is 0 Å². The summed E-state index contributed by atoms with van der Waals surface area (Å²) in [6.45, 7) is 4.85. The van der Waals surface area contributed by atoms with E-state index in [9.17, 15) is 34.5 Å². The smallest absolute Gasteiger partial charge is 0.326 e. The van der Waals surface area contributed by atoms with Crippen LogP contribution < -0.4 is 21.7 Å². The summed E-state index contributed by atoms with van der Waals surface area (Å²) in [5, 5.41) is 36.6. The van der Waals surface area contributed by atoms with Crippen LogP contribution in [0.4, 0.5) is 0 Å². The highest BCUT2D eigenvalue weighted by Gasteiger charge is 2.34. The Morgan fingerprint density at radius 1 is 0.972 bits per heavy atom. The molecule has 3 amide bonds. The Balaban J connectivity index is 2.98. The van der Waals surface area contributed by atoms with Crippen molar-refractivity contribution in [1.29, 1.82) is 0 Å². The van der Waals surface area contributed by atoms with Gasteiger partial charge >= 0.3 is 5.97 Å². The molecule has 1 aromatic rings. The lowest BCUT2D eigenvalue weighted by atomic mass is 9.96. The molecule has 1 rings (SSSR count). The number of phenols is 1. The summed E-state index contributed by atoms with van der Waals surface area (Å²) in [6, 6.07) is 1.29. The van der Waals surface area contributed by atoms with Gasteiger partial charge in [-0.15, -0.1) is 0 Å². The Morgan fingerprint density at radius 3 is 2.03 bits per heavy atom. The van der Waals surface area contributed by atoms with E-state index < -0.39 is 54.0 Å². The fourth-order valence-corrected chi connectivity index (χ4v) is 3.81. The lowest BCUT2D eigenvalue weighted by molar-refractivity contribution is -0.142. The van der Waals surface area contributed by atoms with Gasteiger partial charge in [0.2, 0.25) is 17.7 Å². The number of carbonyl (C=O) groups is 4. The molecule has 0 spiro atoms. The largest absolute Gasteiger partial charge is 0.508 e. The number of nitrogens with two attached hydrogens (primary N) is 1. The van der Waals surface area contributed by atoms with Crippen molar-refractivity contribution in [2.45, 2.75) is 70.3 Å². The maximum absolute atomic E-state index is 13.1. The van der Waals surface area contributed by atoms with Crippen molar-refractivity contribution < 1.29 is 34.5 Å². The van der Waals surface area contributed by atoms with Crippen LogP contribution in [0.5, 0.6) is 5.75 Å². The first-order chi connectivity index (χ1) is 16.9. The van der Waals surface area contributed by atoms with Crippen LogP contribution in [0.1, 0.15) is 39.2 Å². The van der Waals surface area contributed by atoms with Gasteiger partial charge in [-0.3, -0.25) is 14.4 Å². The average Bonchev–Trinajstić information content (AvgIpc) is 2.83. The summed E-state index contributed by atoms with van der Waals surface area (Å²) in [6.07, 6.45) is 1.43. The quantitative estimate of drug-likeness (QED) is 0.165. The number of aliphatic carboxylic acids is 1. The molecule has 0 aliphatic rings. The molecule has 0 heterocycles. The fourth-order valence-electron chi connectivity index (χ4n) is 3.32. The normalized spacial score (nSPS) is 16.1. The number of benzene rings is 1. The van der Waals surface area contributed by atoms with Gasteiger partial charge in [0.15, 0.2) is 0 Å². The van der Waals surface area contributed by atoms with Crippen molar-refractivity contribution in [3.8, 4) is 5.75 Å². The Hall–Kier alpha value is -2.83. The number of carboxylic acids is 1. The number of thioether (sulfide) groups is 1. The van der Waals surface area contributed by atoms with Crippen LogP contribution in [0.25, 0.3) is 0 Å². The molecule has 0 saturated carbocycles. The summed E-state index contributed by atoms with van der Waals surface area (Å²) >= 11 is 1.52. The predicted octanol–water partition coefficient (Wildman–Crippen LogP) is -0.0190. The summed E-state index contributed by atoms with van der Waals surface area (Å²) in [5.41, 5.74) is 6.44. The number of carboxylic acid groups (broad SMARTS) is 1. The van der Waals surface area contributed by atoms with Gasteiger partial charge in [0.25, 0.3) is 0 Å². The van der Waals surface area contributed by atoms with Crippen LogP contribution in [0.3, 0.4) is 0 Å². The second-order valence-electron chi connectivity index (χ2n) is 8.76. The third-order valence-electron chi connectivity index (χ3n) is 5.82. The summed E-state index contributed by atoms with van der Waals surface area (Å²) < 4.78 is 0. The van der Waals surface area contributed by atoms with E-state index >= 15 is 0 Å². The number of hydrogen-bond donors (Lipinski definition) is 7. The molecule has 6 atom stereocenters. The van der Waals surface area contributed by atoms with Crippen LogP contribution in [-0.4, -0.2) is 81.3 Å². The highest BCUT2D eigenvalue weighted by molar-refractivity contribution is 7.98. The zero-order valence-electron chi connectivity index (χ0n) is 21.1. The second-order valence-corrected chi connectivity index (χ2v) is 9.74. The maximum atomic E-state index is 13.1. The van der Waals surface area contributed by atoms with Crippen LogP contribution >= 0.6 is 11.8 Å². The third-order valence-corrected chi connectivity index (χ3v) is 6.46. The number of aliphatic hydroxyl groups excluding tert-OH is 1. The molecule has 0 bridgehead atoms. The van der Waals surface area contributed by atoms with E-state index in [4.69, 9.17) is 5.73 Å². The number of rotatable bonds is 15. The third kappa shape index (κ3) is 10.0. The minimum Gasteiger partial charge on any atom is -0.508 e. The standard InChI is InChI=1S/C24H38N4O7S/c1-5-13(2)19(22(32)26-18(24(34)35)12-15-6-8-16(30)9-7-15)27-23(33)20(14(3)29)28-21(31)17(25)10-11-36-4/h6-9,13-14,17-20,29-30H,5,10-12,25H2,1-4H3,(H,26,32)(H,27,33)(H,28,31)(H,34,35). The van der Waals surface area contributed by atoms with Crippen LogP contribution in [0, 0.1) is 5.92 Å². The molecule has 36 heavy (non-hydrogen) atoms. The first-order valence-corrected chi connectivity index (χ1v) is 13.1. The maximum Gasteiger partial charge on any atom is 0.326 e. The topological polar surface area (TPSA) is 191 Å². The van der Waals surface area contributed by atoms with E-state index in [0.29, 0.717) is 24.2 Å². The van der Waals surface area contributed by atoms with Gasteiger partial charge in [-0.1, -0.05) is 32.4 Å². The molecule has 0 fully saturated rings. The summed E-state index contributed by atoms with van der Waals surface area (Å²) in [5.74, 6) is -3.08. The van der Waals surface area contributed by atoms with Gasteiger partial charge in [0.1, 0.15) is 23.9 Å². The molecule has 1 aromatic carbocycles. The summed E-state index contributed by atoms with van der Waals surface area (Å²) in [4.78, 5) is 50.3. The van der Waals surface area contributed by atoms with Crippen molar-refractivity contribution in [1.82, 2.24) is 16.0 Å². The minimum atomic E-state index is -1.36. The molecule has 6 unspecified atom stereocenters. The van der Waals surface area contributed by atoms with E-state index in [-0.39, 0.29) is 18.1 Å². The van der Waals surface area contributed by atoms with Crippen molar-refractivity contribution >= 4 is 35.5 Å². The molecule has 0 aliphatic heterocycles.